The number of ether oxygens (including phenoxy) is 1. The lowest BCUT2D eigenvalue weighted by Crippen LogP contribution is -2.23. The van der Waals surface area contributed by atoms with Crippen LogP contribution >= 0.6 is 11.8 Å². The number of anilines is 2. The van der Waals surface area contributed by atoms with E-state index in [9.17, 15) is 9.59 Å². The van der Waals surface area contributed by atoms with Gasteiger partial charge in [-0.05, 0) is 45.0 Å². The number of aromatic nitrogens is 3. The summed E-state index contributed by atoms with van der Waals surface area (Å²) >= 11 is 1.31. The van der Waals surface area contributed by atoms with Crippen LogP contribution in [0.5, 0.6) is 5.75 Å². The van der Waals surface area contributed by atoms with Gasteiger partial charge in [0.2, 0.25) is 11.8 Å². The number of benzene rings is 2. The number of rotatable bonds is 9. The van der Waals surface area contributed by atoms with Crippen molar-refractivity contribution in [2.75, 3.05) is 17.7 Å². The van der Waals surface area contributed by atoms with Gasteiger partial charge in [-0.1, -0.05) is 35.5 Å². The van der Waals surface area contributed by atoms with Crippen LogP contribution in [0.1, 0.15) is 25.2 Å². The Kier molecular flexibility index (Phi) is 7.88. The fourth-order valence-electron chi connectivity index (χ4n) is 3.00. The summed E-state index contributed by atoms with van der Waals surface area (Å²) in [5, 5.41) is 14.4. The molecule has 0 aliphatic heterocycles. The van der Waals surface area contributed by atoms with Gasteiger partial charge in [-0.2, -0.15) is 0 Å². The highest BCUT2D eigenvalue weighted by Crippen LogP contribution is 2.24. The van der Waals surface area contributed by atoms with Crippen LogP contribution < -0.4 is 15.4 Å². The van der Waals surface area contributed by atoms with Crippen LogP contribution in [0.25, 0.3) is 0 Å². The number of carbonyl (C=O) groups excluding carboxylic acids is 2. The van der Waals surface area contributed by atoms with Gasteiger partial charge in [0.15, 0.2) is 5.16 Å². The van der Waals surface area contributed by atoms with Gasteiger partial charge in [-0.3, -0.25) is 9.59 Å². The molecule has 0 radical (unpaired) electrons. The lowest BCUT2D eigenvalue weighted by molar-refractivity contribution is -0.116. The fraction of sp³-hybridized carbons (Fsp3) is 0.304. The first kappa shape index (κ1) is 23.3. The first-order valence-electron chi connectivity index (χ1n) is 10.3. The molecule has 9 heteroatoms. The van der Waals surface area contributed by atoms with E-state index in [0.29, 0.717) is 29.0 Å². The second-order valence-electron chi connectivity index (χ2n) is 7.22. The third-order valence-corrected chi connectivity index (χ3v) is 5.83. The molecule has 1 heterocycles. The van der Waals surface area contributed by atoms with Crippen LogP contribution in [-0.4, -0.2) is 38.9 Å². The molecule has 0 aliphatic carbocycles. The predicted octanol–water partition coefficient (Wildman–Crippen LogP) is 3.92. The lowest BCUT2D eigenvalue weighted by atomic mass is 10.2. The van der Waals surface area contributed by atoms with E-state index in [1.807, 2.05) is 55.7 Å². The minimum atomic E-state index is -0.385. The molecule has 8 nitrogen and oxygen atoms in total. The molecule has 0 saturated carbocycles. The first-order valence-corrected chi connectivity index (χ1v) is 11.2. The van der Waals surface area contributed by atoms with E-state index in [-0.39, 0.29) is 23.5 Å². The second-order valence-corrected chi connectivity index (χ2v) is 8.52. The van der Waals surface area contributed by atoms with E-state index < -0.39 is 0 Å². The highest BCUT2D eigenvalue weighted by Gasteiger charge is 2.21. The van der Waals surface area contributed by atoms with Crippen molar-refractivity contribution in [2.45, 2.75) is 44.1 Å². The summed E-state index contributed by atoms with van der Waals surface area (Å²) in [5.74, 6) is 0.876. The Morgan fingerprint density at radius 1 is 1.09 bits per heavy atom. The number of aryl methyl sites for hydroxylation is 1. The molecule has 32 heavy (non-hydrogen) atoms. The van der Waals surface area contributed by atoms with Crippen molar-refractivity contribution in [2.24, 2.45) is 0 Å². The van der Waals surface area contributed by atoms with Gasteiger partial charge >= 0.3 is 0 Å². The third-order valence-electron chi connectivity index (χ3n) is 4.75. The summed E-state index contributed by atoms with van der Waals surface area (Å²) in [6, 6.07) is 14.8. The highest BCUT2D eigenvalue weighted by atomic mass is 32.2. The van der Waals surface area contributed by atoms with Crippen molar-refractivity contribution in [1.29, 1.82) is 0 Å². The average molecular weight is 454 g/mol. The monoisotopic (exact) mass is 453 g/mol. The molecule has 3 aromatic rings. The molecule has 1 atom stereocenters. The van der Waals surface area contributed by atoms with Crippen molar-refractivity contribution in [1.82, 2.24) is 14.8 Å². The predicted molar refractivity (Wildman–Crippen MR) is 126 cm³/mol. The lowest BCUT2D eigenvalue weighted by Gasteiger charge is -2.13. The van der Waals surface area contributed by atoms with Gasteiger partial charge in [0.25, 0.3) is 0 Å². The minimum Gasteiger partial charge on any atom is -0.497 e. The summed E-state index contributed by atoms with van der Waals surface area (Å²) in [6.07, 6.45) is 0.0720. The highest BCUT2D eigenvalue weighted by molar-refractivity contribution is 8.00. The number of amides is 2. The van der Waals surface area contributed by atoms with Gasteiger partial charge in [0, 0.05) is 24.0 Å². The van der Waals surface area contributed by atoms with E-state index in [2.05, 4.69) is 20.8 Å². The number of carbonyl (C=O) groups is 2. The summed E-state index contributed by atoms with van der Waals surface area (Å²) in [5.41, 5.74) is 2.53. The summed E-state index contributed by atoms with van der Waals surface area (Å²) in [6.45, 7) is 6.35. The van der Waals surface area contributed by atoms with Crippen LogP contribution in [0.2, 0.25) is 0 Å². The van der Waals surface area contributed by atoms with Crippen LogP contribution in [0.15, 0.2) is 53.7 Å². The molecule has 0 fully saturated rings. The summed E-state index contributed by atoms with van der Waals surface area (Å²) < 4.78 is 7.03. The average Bonchev–Trinajstić information content (AvgIpc) is 3.15. The van der Waals surface area contributed by atoms with E-state index >= 15 is 0 Å². The van der Waals surface area contributed by atoms with Gasteiger partial charge in [0.05, 0.1) is 18.8 Å². The van der Waals surface area contributed by atoms with E-state index in [0.717, 1.165) is 11.3 Å². The van der Waals surface area contributed by atoms with Crippen LogP contribution in [0.4, 0.5) is 11.4 Å². The number of nitrogens with one attached hydrogen (secondary N) is 2. The molecule has 3 rings (SSSR count). The Hall–Kier alpha value is -3.33. The van der Waals surface area contributed by atoms with Crippen molar-refractivity contribution in [3.8, 4) is 5.75 Å². The fourth-order valence-corrected chi connectivity index (χ4v) is 3.93. The van der Waals surface area contributed by atoms with E-state index in [1.165, 1.54) is 11.8 Å². The number of thioether (sulfide) groups is 1. The van der Waals surface area contributed by atoms with Crippen LogP contribution in [0.3, 0.4) is 0 Å². The number of methoxy groups -OCH3 is 1. The molecule has 0 saturated heterocycles. The Balaban J connectivity index is 1.62. The van der Waals surface area contributed by atoms with Crippen molar-refractivity contribution >= 4 is 35.0 Å². The van der Waals surface area contributed by atoms with Crippen molar-refractivity contribution < 1.29 is 14.3 Å². The van der Waals surface area contributed by atoms with Gasteiger partial charge in [0.1, 0.15) is 11.6 Å². The summed E-state index contributed by atoms with van der Waals surface area (Å²) in [4.78, 5) is 25.1. The maximum atomic E-state index is 12.6. The maximum absolute atomic E-state index is 12.6. The topological polar surface area (TPSA) is 98.1 Å². The standard InChI is InChI=1S/C23H27N5O3S/c1-5-28-20(14-21(29)24-18-7-6-8-19(13-18)31-4)26-27-23(28)32-16(3)22(30)25-17-11-9-15(2)10-12-17/h6-13,16H,5,14H2,1-4H3,(H,24,29)(H,25,30). The largest absolute Gasteiger partial charge is 0.497 e. The van der Waals surface area contributed by atoms with Crippen molar-refractivity contribution in [3.63, 3.8) is 0 Å². The molecule has 1 aromatic heterocycles. The second kappa shape index (κ2) is 10.8. The Morgan fingerprint density at radius 3 is 2.53 bits per heavy atom. The molecule has 2 amide bonds. The molecular weight excluding hydrogens is 426 g/mol. The Morgan fingerprint density at radius 2 is 1.84 bits per heavy atom. The molecule has 1 unspecified atom stereocenters. The van der Waals surface area contributed by atoms with Gasteiger partial charge in [-0.25, -0.2) is 0 Å². The van der Waals surface area contributed by atoms with Crippen LogP contribution in [-0.2, 0) is 22.6 Å². The molecule has 0 spiro atoms. The maximum Gasteiger partial charge on any atom is 0.237 e. The normalized spacial score (nSPS) is 11.6. The van der Waals surface area contributed by atoms with Gasteiger partial charge < -0.3 is 19.9 Å². The third kappa shape index (κ3) is 6.10. The molecule has 0 bridgehead atoms. The van der Waals surface area contributed by atoms with Crippen molar-refractivity contribution in [3.05, 3.63) is 59.9 Å². The number of nitrogens with zero attached hydrogens (tertiary/aromatic N) is 3. The molecule has 2 aromatic carbocycles. The molecular formula is C23H27N5O3S. The van der Waals surface area contributed by atoms with E-state index in [1.54, 1.807) is 25.3 Å². The van der Waals surface area contributed by atoms with Gasteiger partial charge in [-0.15, -0.1) is 10.2 Å². The molecule has 0 aliphatic rings. The Labute approximate surface area is 191 Å². The molecule has 2 N–H and O–H groups in total. The Bertz CT molecular complexity index is 1080. The zero-order valence-corrected chi connectivity index (χ0v) is 19.4. The molecule has 168 valence electrons. The van der Waals surface area contributed by atoms with E-state index in [4.69, 9.17) is 4.74 Å². The number of hydrogen-bond acceptors (Lipinski definition) is 6. The first-order chi connectivity index (χ1) is 15.4. The van der Waals surface area contributed by atoms with Crippen LogP contribution in [0, 0.1) is 6.92 Å². The smallest absolute Gasteiger partial charge is 0.237 e. The summed E-state index contributed by atoms with van der Waals surface area (Å²) in [7, 11) is 1.58. The zero-order chi connectivity index (χ0) is 23.1. The quantitative estimate of drug-likeness (QED) is 0.477. The SMILES string of the molecule is CCn1c(CC(=O)Nc2cccc(OC)c2)nnc1SC(C)C(=O)Nc1ccc(C)cc1. The number of hydrogen-bond donors (Lipinski definition) is 2. The zero-order valence-electron chi connectivity index (χ0n) is 18.6. The minimum absolute atomic E-state index is 0.0720.